The van der Waals surface area contributed by atoms with Gasteiger partial charge in [0.25, 0.3) is 0 Å². The van der Waals surface area contributed by atoms with Gasteiger partial charge in [0.15, 0.2) is 0 Å². The minimum Gasteiger partial charge on any atom is -0.480 e. The second-order valence-electron chi connectivity index (χ2n) is 13.5. The zero-order valence-electron chi connectivity index (χ0n) is 26.5. The van der Waals surface area contributed by atoms with Crippen LogP contribution in [0.3, 0.4) is 0 Å². The topological polar surface area (TPSA) is 85.4 Å². The number of hydrogen-bond acceptors (Lipinski definition) is 5. The standard InChI is InChI=1S/C37H46FN5O2/c1-2-43-35(21-33(40-43)19-26-11-13-27(22-39)14-12-26)28-15-17-41(18-16-28)23-31-24-42(25-34(31)30-9-6-10-32(38)20-30)36(37(44)45)29-7-4-3-5-8-29/h6,9-14,20-21,28-29,31,34,36H,2-5,7-8,15-19,23-25H2,1H3,(H,44,45)/t31-,34+,36+/m0/s1. The summed E-state index contributed by atoms with van der Waals surface area (Å²) < 4.78 is 16.5. The van der Waals surface area contributed by atoms with Gasteiger partial charge in [-0.3, -0.25) is 14.4 Å². The van der Waals surface area contributed by atoms with Gasteiger partial charge in [0.1, 0.15) is 11.9 Å². The number of hydrogen-bond donors (Lipinski definition) is 1. The van der Waals surface area contributed by atoms with E-state index in [2.05, 4.69) is 33.5 Å². The molecule has 1 aromatic heterocycles. The minimum atomic E-state index is -0.701. The largest absolute Gasteiger partial charge is 0.480 e. The molecule has 1 aliphatic carbocycles. The number of likely N-dealkylation sites (tertiary alicyclic amines) is 2. The van der Waals surface area contributed by atoms with Crippen molar-refractivity contribution in [3.63, 3.8) is 0 Å². The molecule has 2 saturated heterocycles. The van der Waals surface area contributed by atoms with Crippen LogP contribution in [0.1, 0.15) is 91.8 Å². The Morgan fingerprint density at radius 1 is 1.04 bits per heavy atom. The average Bonchev–Trinajstić information content (AvgIpc) is 3.66. The number of carboxylic acid groups (broad SMARTS) is 1. The van der Waals surface area contributed by atoms with E-state index in [-0.39, 0.29) is 23.6 Å². The number of nitriles is 1. The molecule has 3 heterocycles. The minimum absolute atomic E-state index is 0.121. The monoisotopic (exact) mass is 611 g/mol. The number of carboxylic acids is 1. The van der Waals surface area contributed by atoms with E-state index < -0.39 is 12.0 Å². The molecule has 45 heavy (non-hydrogen) atoms. The molecule has 2 aliphatic heterocycles. The van der Waals surface area contributed by atoms with Gasteiger partial charge in [0, 0.05) is 50.1 Å². The van der Waals surface area contributed by atoms with Crippen molar-refractivity contribution in [2.75, 3.05) is 32.7 Å². The van der Waals surface area contributed by atoms with Gasteiger partial charge in [0.2, 0.25) is 0 Å². The van der Waals surface area contributed by atoms with Crippen LogP contribution >= 0.6 is 0 Å². The quantitative estimate of drug-likeness (QED) is 0.284. The fraction of sp³-hybridized carbons (Fsp3) is 0.541. The van der Waals surface area contributed by atoms with Crippen LogP contribution in [0.4, 0.5) is 4.39 Å². The van der Waals surface area contributed by atoms with Gasteiger partial charge in [0.05, 0.1) is 17.3 Å². The van der Waals surface area contributed by atoms with Gasteiger partial charge in [-0.1, -0.05) is 43.5 Å². The summed E-state index contributed by atoms with van der Waals surface area (Å²) in [6.45, 7) is 7.28. The highest BCUT2D eigenvalue weighted by Gasteiger charge is 2.43. The molecule has 8 heteroatoms. The van der Waals surface area contributed by atoms with Crippen LogP contribution in [0, 0.1) is 29.0 Å². The predicted molar refractivity (Wildman–Crippen MR) is 172 cm³/mol. The second kappa shape index (κ2) is 14.3. The second-order valence-corrected chi connectivity index (χ2v) is 13.5. The number of piperidine rings is 1. The summed E-state index contributed by atoms with van der Waals surface area (Å²) >= 11 is 0. The number of halogens is 1. The first kappa shape index (κ1) is 31.4. The first-order valence-electron chi connectivity index (χ1n) is 16.9. The number of aliphatic carboxylic acids is 1. The molecule has 6 rings (SSSR count). The van der Waals surface area contributed by atoms with Crippen molar-refractivity contribution >= 4 is 5.97 Å². The smallest absolute Gasteiger partial charge is 0.321 e. The van der Waals surface area contributed by atoms with Crippen LogP contribution in [-0.2, 0) is 17.8 Å². The molecule has 3 aliphatic rings. The van der Waals surface area contributed by atoms with Gasteiger partial charge in [-0.15, -0.1) is 0 Å². The van der Waals surface area contributed by atoms with E-state index in [0.29, 0.717) is 18.0 Å². The van der Waals surface area contributed by atoms with E-state index in [4.69, 9.17) is 10.4 Å². The number of aryl methyl sites for hydroxylation is 1. The lowest BCUT2D eigenvalue weighted by Gasteiger charge is -2.35. The van der Waals surface area contributed by atoms with Crippen LogP contribution < -0.4 is 0 Å². The number of nitrogens with zero attached hydrogens (tertiary/aromatic N) is 5. The molecule has 2 aromatic carbocycles. The molecule has 7 nitrogen and oxygen atoms in total. The van der Waals surface area contributed by atoms with Gasteiger partial charge < -0.3 is 10.0 Å². The van der Waals surface area contributed by atoms with Crippen molar-refractivity contribution in [1.82, 2.24) is 19.6 Å². The van der Waals surface area contributed by atoms with E-state index in [1.54, 1.807) is 12.1 Å². The Bertz CT molecular complexity index is 1480. The molecule has 3 aromatic rings. The van der Waals surface area contributed by atoms with E-state index in [0.717, 1.165) is 94.5 Å². The Morgan fingerprint density at radius 3 is 2.47 bits per heavy atom. The Kier molecular flexibility index (Phi) is 9.97. The Balaban J connectivity index is 1.12. The molecular formula is C37H46FN5O2. The summed E-state index contributed by atoms with van der Waals surface area (Å²) in [4.78, 5) is 17.4. The van der Waals surface area contributed by atoms with Crippen molar-refractivity contribution < 1.29 is 14.3 Å². The summed E-state index contributed by atoms with van der Waals surface area (Å²) in [5, 5.41) is 24.4. The first-order valence-corrected chi connectivity index (χ1v) is 16.9. The lowest BCUT2D eigenvalue weighted by molar-refractivity contribution is -0.145. The molecule has 0 bridgehead atoms. The van der Waals surface area contributed by atoms with Gasteiger partial charge in [-0.2, -0.15) is 10.4 Å². The van der Waals surface area contributed by atoms with Crippen LogP contribution in [0.5, 0.6) is 0 Å². The van der Waals surface area contributed by atoms with Crippen molar-refractivity contribution in [3.8, 4) is 6.07 Å². The number of rotatable bonds is 10. The summed E-state index contributed by atoms with van der Waals surface area (Å²) in [6, 6.07) is 18.7. The third-order valence-corrected chi connectivity index (χ3v) is 10.6. The third-order valence-electron chi connectivity index (χ3n) is 10.6. The van der Waals surface area contributed by atoms with Gasteiger partial charge >= 0.3 is 5.97 Å². The molecule has 0 radical (unpaired) electrons. The van der Waals surface area contributed by atoms with Crippen LogP contribution in [0.15, 0.2) is 54.6 Å². The van der Waals surface area contributed by atoms with Crippen molar-refractivity contribution in [3.05, 3.63) is 88.5 Å². The molecule has 0 unspecified atom stereocenters. The molecular weight excluding hydrogens is 565 g/mol. The fourth-order valence-electron chi connectivity index (χ4n) is 8.34. The zero-order chi connectivity index (χ0) is 31.3. The Labute approximate surface area is 266 Å². The average molecular weight is 612 g/mol. The predicted octanol–water partition coefficient (Wildman–Crippen LogP) is 6.43. The maximum atomic E-state index is 14.4. The third kappa shape index (κ3) is 7.31. The maximum Gasteiger partial charge on any atom is 0.321 e. The van der Waals surface area contributed by atoms with Gasteiger partial charge in [-0.05, 0) is 99.0 Å². The number of aromatic nitrogens is 2. The van der Waals surface area contributed by atoms with E-state index in [9.17, 15) is 14.3 Å². The maximum absolute atomic E-state index is 14.4. The summed E-state index contributed by atoms with van der Waals surface area (Å²) in [7, 11) is 0. The number of benzene rings is 2. The van der Waals surface area contributed by atoms with Crippen molar-refractivity contribution in [2.45, 2.75) is 82.7 Å². The van der Waals surface area contributed by atoms with Crippen LogP contribution in [0.2, 0.25) is 0 Å². The normalized spacial score (nSPS) is 22.8. The first-order chi connectivity index (χ1) is 21.9. The van der Waals surface area contributed by atoms with E-state index in [1.165, 1.54) is 18.2 Å². The zero-order valence-corrected chi connectivity index (χ0v) is 26.5. The highest BCUT2D eigenvalue weighted by Crippen LogP contribution is 2.39. The lowest BCUT2D eigenvalue weighted by Crippen LogP contribution is -2.46. The van der Waals surface area contributed by atoms with Crippen molar-refractivity contribution in [2.24, 2.45) is 11.8 Å². The molecule has 0 spiro atoms. The SMILES string of the molecule is CCn1nc(Cc2ccc(C#N)cc2)cc1C1CCN(C[C@H]2CN([C@@H](C(=O)O)C3CCCCC3)C[C@@H]2c2cccc(F)c2)CC1. The summed E-state index contributed by atoms with van der Waals surface area (Å²) in [5.41, 5.74) is 5.19. The van der Waals surface area contributed by atoms with E-state index >= 15 is 0 Å². The molecule has 238 valence electrons. The molecule has 1 saturated carbocycles. The molecule has 1 N–H and O–H groups in total. The van der Waals surface area contributed by atoms with Crippen LogP contribution in [0.25, 0.3) is 0 Å². The highest BCUT2D eigenvalue weighted by atomic mass is 19.1. The lowest BCUT2D eigenvalue weighted by atomic mass is 9.83. The fourth-order valence-corrected chi connectivity index (χ4v) is 8.34. The molecule has 3 fully saturated rings. The summed E-state index contributed by atoms with van der Waals surface area (Å²) in [6.07, 6.45) is 8.27. The van der Waals surface area contributed by atoms with Crippen LogP contribution in [-0.4, -0.2) is 69.4 Å². The highest BCUT2D eigenvalue weighted by molar-refractivity contribution is 5.74. The molecule has 0 amide bonds. The number of carbonyl (C=O) groups is 1. The van der Waals surface area contributed by atoms with E-state index in [1.807, 2.05) is 30.3 Å². The summed E-state index contributed by atoms with van der Waals surface area (Å²) in [5.74, 6) is 0.101. The Morgan fingerprint density at radius 2 is 1.80 bits per heavy atom. The van der Waals surface area contributed by atoms with Gasteiger partial charge in [-0.25, -0.2) is 4.39 Å². The van der Waals surface area contributed by atoms with Crippen molar-refractivity contribution in [1.29, 1.82) is 5.26 Å². The molecule has 3 atom stereocenters. The Hall–Kier alpha value is -3.54.